The number of alkyl halides is 4. The normalized spacial score (nSPS) is 12.5. The molecule has 0 saturated carbocycles. The lowest BCUT2D eigenvalue weighted by Crippen LogP contribution is -2.36. The number of unbranched alkanes of at least 4 members (excludes halogenated alkanes) is 1. The van der Waals surface area contributed by atoms with Crippen molar-refractivity contribution in [2.45, 2.75) is 25.9 Å². The summed E-state index contributed by atoms with van der Waals surface area (Å²) < 4.78 is 36.0. The molecule has 80 valence electrons. The van der Waals surface area contributed by atoms with Crippen molar-refractivity contribution in [2.75, 3.05) is 25.0 Å². The van der Waals surface area contributed by atoms with Gasteiger partial charge in [-0.2, -0.15) is 13.2 Å². The second-order valence-electron chi connectivity index (χ2n) is 2.93. The summed E-state index contributed by atoms with van der Waals surface area (Å²) in [5.41, 5.74) is 0. The fraction of sp³-hybridized carbons (Fsp3) is 1.00. The van der Waals surface area contributed by atoms with E-state index < -0.39 is 12.7 Å². The summed E-state index contributed by atoms with van der Waals surface area (Å²) in [6.45, 7) is 2.17. The maximum absolute atomic E-state index is 12.0. The minimum absolute atomic E-state index is 0.458. The lowest BCUT2D eigenvalue weighted by Gasteiger charge is -2.22. The van der Waals surface area contributed by atoms with Crippen molar-refractivity contribution in [1.29, 1.82) is 0 Å². The summed E-state index contributed by atoms with van der Waals surface area (Å²) in [6.07, 6.45) is -2.32. The van der Waals surface area contributed by atoms with Crippen LogP contribution in [0.15, 0.2) is 0 Å². The molecule has 5 heteroatoms. The average Bonchev–Trinajstić information content (AvgIpc) is 1.98. The van der Waals surface area contributed by atoms with Gasteiger partial charge in [-0.3, -0.25) is 4.90 Å². The van der Waals surface area contributed by atoms with Crippen LogP contribution in [0.2, 0.25) is 0 Å². The molecule has 0 aromatic rings. The van der Waals surface area contributed by atoms with Crippen molar-refractivity contribution in [3.63, 3.8) is 0 Å². The van der Waals surface area contributed by atoms with Crippen LogP contribution in [0.1, 0.15) is 19.8 Å². The van der Waals surface area contributed by atoms with E-state index >= 15 is 0 Å². The molecule has 0 spiro atoms. The maximum atomic E-state index is 12.0. The first-order valence-electron chi connectivity index (χ1n) is 4.34. The van der Waals surface area contributed by atoms with Crippen LogP contribution in [0, 0.1) is 0 Å². The summed E-state index contributed by atoms with van der Waals surface area (Å²) in [5.74, 6) is 0. The SMILES string of the molecule is CCCCN(CCBr)CC(F)(F)F. The molecule has 1 nitrogen and oxygen atoms in total. The molecule has 0 heterocycles. The highest BCUT2D eigenvalue weighted by Gasteiger charge is 2.29. The molecule has 0 aliphatic heterocycles. The van der Waals surface area contributed by atoms with Gasteiger partial charge in [-0.1, -0.05) is 29.3 Å². The number of nitrogens with zero attached hydrogens (tertiary/aromatic N) is 1. The Morgan fingerprint density at radius 3 is 2.23 bits per heavy atom. The lowest BCUT2D eigenvalue weighted by molar-refractivity contribution is -0.145. The smallest absolute Gasteiger partial charge is 0.294 e. The van der Waals surface area contributed by atoms with Crippen LogP contribution in [0.25, 0.3) is 0 Å². The van der Waals surface area contributed by atoms with E-state index in [9.17, 15) is 13.2 Å². The molecule has 0 rings (SSSR count). The van der Waals surface area contributed by atoms with Gasteiger partial charge in [0, 0.05) is 11.9 Å². The summed E-state index contributed by atoms with van der Waals surface area (Å²) in [5, 5.41) is 0.590. The Bertz CT molecular complexity index is 127. The highest BCUT2D eigenvalue weighted by atomic mass is 79.9. The second-order valence-corrected chi connectivity index (χ2v) is 3.73. The van der Waals surface area contributed by atoms with E-state index in [-0.39, 0.29) is 0 Å². The number of halogens is 4. The van der Waals surface area contributed by atoms with E-state index in [4.69, 9.17) is 0 Å². The van der Waals surface area contributed by atoms with E-state index in [1.54, 1.807) is 0 Å². The topological polar surface area (TPSA) is 3.24 Å². The van der Waals surface area contributed by atoms with Gasteiger partial charge in [0.25, 0.3) is 0 Å². The van der Waals surface area contributed by atoms with Gasteiger partial charge < -0.3 is 0 Å². The fourth-order valence-corrected chi connectivity index (χ4v) is 1.53. The first-order chi connectivity index (χ1) is 5.99. The minimum Gasteiger partial charge on any atom is -0.294 e. The zero-order chi connectivity index (χ0) is 10.3. The van der Waals surface area contributed by atoms with Crippen molar-refractivity contribution < 1.29 is 13.2 Å². The van der Waals surface area contributed by atoms with Gasteiger partial charge in [-0.05, 0) is 13.0 Å². The Labute approximate surface area is 85.4 Å². The van der Waals surface area contributed by atoms with Gasteiger partial charge in [0.15, 0.2) is 0 Å². The van der Waals surface area contributed by atoms with Crippen LogP contribution in [-0.2, 0) is 0 Å². The van der Waals surface area contributed by atoms with Crippen LogP contribution < -0.4 is 0 Å². The zero-order valence-electron chi connectivity index (χ0n) is 7.70. The van der Waals surface area contributed by atoms with Gasteiger partial charge in [-0.15, -0.1) is 0 Å². The Morgan fingerprint density at radius 2 is 1.85 bits per heavy atom. The Morgan fingerprint density at radius 1 is 1.23 bits per heavy atom. The van der Waals surface area contributed by atoms with Crippen LogP contribution in [0.5, 0.6) is 0 Å². The van der Waals surface area contributed by atoms with Gasteiger partial charge in [0.2, 0.25) is 0 Å². The van der Waals surface area contributed by atoms with Gasteiger partial charge in [0.05, 0.1) is 6.54 Å². The van der Waals surface area contributed by atoms with Gasteiger partial charge in [0.1, 0.15) is 0 Å². The first kappa shape index (κ1) is 13.2. The van der Waals surface area contributed by atoms with Gasteiger partial charge in [-0.25, -0.2) is 0 Å². The number of rotatable bonds is 6. The largest absolute Gasteiger partial charge is 0.401 e. The lowest BCUT2D eigenvalue weighted by atomic mass is 10.3. The molecular weight excluding hydrogens is 247 g/mol. The molecule has 0 bridgehead atoms. The number of hydrogen-bond acceptors (Lipinski definition) is 1. The van der Waals surface area contributed by atoms with E-state index in [1.165, 1.54) is 4.90 Å². The highest BCUT2D eigenvalue weighted by Crippen LogP contribution is 2.16. The monoisotopic (exact) mass is 261 g/mol. The Balaban J connectivity index is 3.79. The zero-order valence-corrected chi connectivity index (χ0v) is 9.29. The molecule has 0 N–H and O–H groups in total. The molecular formula is C8H15BrF3N. The highest BCUT2D eigenvalue weighted by molar-refractivity contribution is 9.09. The second kappa shape index (κ2) is 6.65. The first-order valence-corrected chi connectivity index (χ1v) is 5.47. The molecule has 0 atom stereocenters. The van der Waals surface area contributed by atoms with Crippen molar-refractivity contribution in [3.05, 3.63) is 0 Å². The molecule has 0 saturated heterocycles. The third kappa shape index (κ3) is 8.56. The summed E-state index contributed by atoms with van der Waals surface area (Å²) in [6, 6.07) is 0. The van der Waals surface area contributed by atoms with Crippen LogP contribution in [0.4, 0.5) is 13.2 Å². The third-order valence-electron chi connectivity index (χ3n) is 1.63. The summed E-state index contributed by atoms with van der Waals surface area (Å²) in [4.78, 5) is 1.43. The van der Waals surface area contributed by atoms with E-state index in [2.05, 4.69) is 15.9 Å². The molecule has 0 fully saturated rings. The van der Waals surface area contributed by atoms with Crippen LogP contribution in [-0.4, -0.2) is 36.0 Å². The Hall–Kier alpha value is 0.230. The van der Waals surface area contributed by atoms with E-state index in [1.807, 2.05) is 6.92 Å². The van der Waals surface area contributed by atoms with Crippen molar-refractivity contribution in [1.82, 2.24) is 4.90 Å². The Kier molecular flexibility index (Phi) is 6.77. The molecule has 0 aliphatic carbocycles. The average molecular weight is 262 g/mol. The summed E-state index contributed by atoms with van der Waals surface area (Å²) >= 11 is 3.14. The molecule has 0 aromatic carbocycles. The van der Waals surface area contributed by atoms with Crippen molar-refractivity contribution in [3.8, 4) is 0 Å². The standard InChI is InChI=1S/C8H15BrF3N/c1-2-3-5-13(6-4-9)7-8(10,11)12/h2-7H2,1H3. The van der Waals surface area contributed by atoms with E-state index in [0.29, 0.717) is 18.4 Å². The quantitative estimate of drug-likeness (QED) is 0.665. The molecule has 0 aliphatic rings. The molecule has 13 heavy (non-hydrogen) atoms. The van der Waals surface area contributed by atoms with Crippen LogP contribution in [0.3, 0.4) is 0 Å². The van der Waals surface area contributed by atoms with Gasteiger partial charge >= 0.3 is 6.18 Å². The van der Waals surface area contributed by atoms with Crippen molar-refractivity contribution in [2.24, 2.45) is 0 Å². The molecule has 0 aromatic heterocycles. The van der Waals surface area contributed by atoms with E-state index in [0.717, 1.165) is 12.8 Å². The van der Waals surface area contributed by atoms with Crippen molar-refractivity contribution >= 4 is 15.9 Å². The molecule has 0 radical (unpaired) electrons. The molecule has 0 unspecified atom stereocenters. The summed E-state index contributed by atoms with van der Waals surface area (Å²) in [7, 11) is 0. The fourth-order valence-electron chi connectivity index (χ4n) is 1.02. The predicted octanol–water partition coefficient (Wildman–Crippen LogP) is 3.05. The predicted molar refractivity (Wildman–Crippen MR) is 51.2 cm³/mol. The minimum atomic E-state index is -4.07. The third-order valence-corrected chi connectivity index (χ3v) is 1.99. The molecule has 0 amide bonds. The maximum Gasteiger partial charge on any atom is 0.401 e. The van der Waals surface area contributed by atoms with Crippen LogP contribution >= 0.6 is 15.9 Å². The number of hydrogen-bond donors (Lipinski definition) is 0.